The minimum atomic E-state index is -3.81. The van der Waals surface area contributed by atoms with Crippen LogP contribution in [0.5, 0.6) is 0 Å². The second kappa shape index (κ2) is 10.2. The molecule has 1 aliphatic carbocycles. The van der Waals surface area contributed by atoms with Gasteiger partial charge in [0.25, 0.3) is 24.0 Å². The molecule has 0 bridgehead atoms. The predicted molar refractivity (Wildman–Crippen MR) is 146 cm³/mol. The van der Waals surface area contributed by atoms with E-state index in [0.29, 0.717) is 12.0 Å². The average Bonchev–Trinajstić information content (AvgIpc) is 2.82. The number of aromatic amines is 1. The van der Waals surface area contributed by atoms with Gasteiger partial charge in [-0.15, -0.1) is 0 Å². The number of H-pyrrole nitrogens is 1. The quantitative estimate of drug-likeness (QED) is 0.346. The Morgan fingerprint density at radius 2 is 1.54 bits per heavy atom. The molecule has 1 aromatic heterocycles. The summed E-state index contributed by atoms with van der Waals surface area (Å²) in [4.78, 5) is 26.7. The lowest BCUT2D eigenvalue weighted by atomic mass is 9.77. The summed E-state index contributed by atoms with van der Waals surface area (Å²) in [6, 6.07) is 19.9. The van der Waals surface area contributed by atoms with Gasteiger partial charge in [0.15, 0.2) is 0 Å². The molecule has 1 saturated carbocycles. The first-order chi connectivity index (χ1) is 17.3. The van der Waals surface area contributed by atoms with E-state index in [-0.39, 0.29) is 17.6 Å². The van der Waals surface area contributed by atoms with E-state index >= 15 is 0 Å². The summed E-state index contributed by atoms with van der Waals surface area (Å²) in [5.41, 5.74) is -0.688. The lowest BCUT2D eigenvalue weighted by molar-refractivity contribution is -0.0331. The molecule has 3 aromatic rings. The maximum atomic E-state index is 12.5. The molecule has 1 aliphatic rings. The second-order valence-electron chi connectivity index (χ2n) is 10.8. The highest BCUT2D eigenvalue weighted by Crippen LogP contribution is 2.43. The van der Waals surface area contributed by atoms with Crippen LogP contribution >= 0.6 is 0 Å². The van der Waals surface area contributed by atoms with Crippen molar-refractivity contribution in [2.45, 2.75) is 51.3 Å². The lowest BCUT2D eigenvalue weighted by Crippen LogP contribution is -2.67. The molecule has 0 radical (unpaired) electrons. The summed E-state index contributed by atoms with van der Waals surface area (Å²) in [6.07, 6.45) is 2.15. The highest BCUT2D eigenvalue weighted by Gasteiger charge is 2.53. The summed E-state index contributed by atoms with van der Waals surface area (Å²) in [5.74, 6) is -0.263. The van der Waals surface area contributed by atoms with Crippen LogP contribution in [-0.2, 0) is 18.7 Å². The molecule has 198 valence electrons. The molecule has 1 heterocycles. The number of aromatic nitrogens is 2. The van der Waals surface area contributed by atoms with E-state index in [1.54, 1.807) is 6.92 Å². The monoisotopic (exact) mass is 542 g/mol. The molecule has 3 atom stereocenters. The Labute approximate surface area is 218 Å². The van der Waals surface area contributed by atoms with Crippen molar-refractivity contribution in [2.24, 2.45) is 5.92 Å². The highest BCUT2D eigenvalue weighted by molar-refractivity contribution is 7.86. The molecule has 0 spiro atoms. The van der Waals surface area contributed by atoms with Crippen molar-refractivity contribution in [1.82, 2.24) is 9.55 Å². The zero-order chi connectivity index (χ0) is 27.0. The molecule has 0 unspecified atom stereocenters. The van der Waals surface area contributed by atoms with Crippen molar-refractivity contribution < 1.29 is 17.0 Å². The zero-order valence-corrected chi connectivity index (χ0v) is 23.6. The summed E-state index contributed by atoms with van der Waals surface area (Å²) < 4.78 is 38.2. The Morgan fingerprint density at radius 3 is 2.03 bits per heavy atom. The smallest absolute Gasteiger partial charge is 0.328 e. The van der Waals surface area contributed by atoms with Gasteiger partial charge in [0.1, 0.15) is 6.10 Å². The van der Waals surface area contributed by atoms with E-state index in [9.17, 15) is 18.0 Å². The largest absolute Gasteiger partial charge is 0.407 e. The van der Waals surface area contributed by atoms with E-state index in [4.69, 9.17) is 8.61 Å². The first-order valence-electron chi connectivity index (χ1n) is 12.3. The minimum Gasteiger partial charge on any atom is -0.407 e. The number of nitrogens with zero attached hydrogens (tertiary/aromatic N) is 1. The molecule has 0 amide bonds. The minimum absolute atomic E-state index is 0.237. The summed E-state index contributed by atoms with van der Waals surface area (Å²) in [6.45, 7) is 8.40. The molecule has 1 fully saturated rings. The number of nitrogens with one attached hydrogen (secondary N) is 1. The summed E-state index contributed by atoms with van der Waals surface area (Å²) in [5, 5.41) is 2.01. The van der Waals surface area contributed by atoms with Crippen molar-refractivity contribution in [3.8, 4) is 0 Å². The fourth-order valence-electron chi connectivity index (χ4n) is 5.30. The van der Waals surface area contributed by atoms with Gasteiger partial charge in [-0.1, -0.05) is 81.4 Å². The number of rotatable bonds is 8. The number of benzene rings is 2. The van der Waals surface area contributed by atoms with Gasteiger partial charge >= 0.3 is 5.69 Å². The molecule has 8 nitrogen and oxygen atoms in total. The Hall–Kier alpha value is -2.79. The Bertz CT molecular complexity index is 1420. The van der Waals surface area contributed by atoms with Gasteiger partial charge in [0.2, 0.25) is 0 Å². The Morgan fingerprint density at radius 1 is 1.00 bits per heavy atom. The Balaban J connectivity index is 1.71. The zero-order valence-electron chi connectivity index (χ0n) is 21.8. The van der Waals surface area contributed by atoms with Crippen molar-refractivity contribution in [3.05, 3.63) is 93.3 Å². The van der Waals surface area contributed by atoms with E-state index in [1.807, 2.05) is 36.4 Å². The van der Waals surface area contributed by atoms with Gasteiger partial charge in [0.05, 0.1) is 12.3 Å². The lowest BCUT2D eigenvalue weighted by Gasteiger charge is -2.48. The second-order valence-corrected chi connectivity index (χ2v) is 16.7. The third-order valence-electron chi connectivity index (χ3n) is 7.11. The molecule has 1 N–H and O–H groups in total. The molecule has 2 aromatic carbocycles. The highest BCUT2D eigenvalue weighted by atomic mass is 32.2. The van der Waals surface area contributed by atoms with Crippen molar-refractivity contribution in [2.75, 3.05) is 12.9 Å². The topological polar surface area (TPSA) is 107 Å². The van der Waals surface area contributed by atoms with Crippen molar-refractivity contribution in [1.29, 1.82) is 0 Å². The molecule has 4 rings (SSSR count). The van der Waals surface area contributed by atoms with E-state index in [1.165, 1.54) is 10.8 Å². The summed E-state index contributed by atoms with van der Waals surface area (Å²) >= 11 is 0. The molecule has 10 heteroatoms. The van der Waals surface area contributed by atoms with Gasteiger partial charge in [-0.05, 0) is 28.8 Å². The molecular weight excluding hydrogens is 508 g/mol. The third kappa shape index (κ3) is 5.43. The van der Waals surface area contributed by atoms with E-state index < -0.39 is 41.8 Å². The fourth-order valence-corrected chi connectivity index (χ4v) is 10.6. The van der Waals surface area contributed by atoms with Crippen LogP contribution in [0.1, 0.15) is 38.8 Å². The number of aryl methyl sites for hydroxylation is 1. The van der Waals surface area contributed by atoms with Crippen LogP contribution in [0.15, 0.2) is 76.4 Å². The number of hydrogen-bond acceptors (Lipinski definition) is 6. The first kappa shape index (κ1) is 27.2. The van der Waals surface area contributed by atoms with Gasteiger partial charge in [-0.2, -0.15) is 8.42 Å². The van der Waals surface area contributed by atoms with Crippen LogP contribution in [0.2, 0.25) is 5.04 Å². The third-order valence-corrected chi connectivity index (χ3v) is 12.7. The van der Waals surface area contributed by atoms with Gasteiger partial charge in [-0.25, -0.2) is 4.79 Å². The fraction of sp³-hybridized carbons (Fsp3) is 0.407. The normalized spacial score (nSPS) is 20.4. The standard InChI is InChI=1S/C27H34N2O6SSi/c1-19-17-29(26(31)28-25(19)30)23-16-20(24(23)35-36(5,32)33)18-34-37(27(2,3)4,21-12-8-6-9-13-21)22-14-10-7-11-15-22/h6-15,17,20,23-24H,16,18H2,1-5H3,(H,28,30,31)/t20-,23-,24+/m1/s1. The van der Waals surface area contributed by atoms with Crippen LogP contribution in [-0.4, -0.2) is 45.3 Å². The van der Waals surface area contributed by atoms with E-state index in [0.717, 1.165) is 16.6 Å². The van der Waals surface area contributed by atoms with Crippen LogP contribution in [0.3, 0.4) is 0 Å². The SMILES string of the molecule is Cc1cn([C@@H]2C[C@H](CO[Si](c3ccccc3)(c3ccccc3)C(C)(C)C)[C@@H]2OS(C)(=O)=O)c(=O)[nH]c1=O. The van der Waals surface area contributed by atoms with Crippen LogP contribution in [0.4, 0.5) is 0 Å². The summed E-state index contributed by atoms with van der Waals surface area (Å²) in [7, 11) is -6.64. The Kier molecular flexibility index (Phi) is 7.49. The maximum Gasteiger partial charge on any atom is 0.328 e. The average molecular weight is 543 g/mol. The van der Waals surface area contributed by atoms with E-state index in [2.05, 4.69) is 50.0 Å². The molecule has 0 aliphatic heterocycles. The van der Waals surface area contributed by atoms with Gasteiger partial charge in [-0.3, -0.25) is 18.5 Å². The molecule has 0 saturated heterocycles. The van der Waals surface area contributed by atoms with Gasteiger partial charge in [0, 0.05) is 24.3 Å². The van der Waals surface area contributed by atoms with Crippen LogP contribution in [0.25, 0.3) is 0 Å². The maximum absolute atomic E-state index is 12.5. The first-order valence-corrected chi connectivity index (χ1v) is 16.0. The molecule has 37 heavy (non-hydrogen) atoms. The van der Waals surface area contributed by atoms with Crippen LogP contribution < -0.4 is 21.6 Å². The molecular formula is C27H34N2O6SSi. The van der Waals surface area contributed by atoms with Gasteiger partial charge < -0.3 is 4.43 Å². The van der Waals surface area contributed by atoms with Crippen LogP contribution in [0, 0.1) is 12.8 Å². The van der Waals surface area contributed by atoms with Crippen molar-refractivity contribution in [3.63, 3.8) is 0 Å². The predicted octanol–water partition coefficient (Wildman–Crippen LogP) is 2.33. The van der Waals surface area contributed by atoms with Crippen molar-refractivity contribution >= 4 is 28.8 Å². The number of hydrogen-bond donors (Lipinski definition) is 1.